The molecule has 0 saturated carbocycles. The fraction of sp³-hybridized carbons (Fsp3) is 0.286. The average Bonchev–Trinajstić information content (AvgIpc) is 2.85. The summed E-state index contributed by atoms with van der Waals surface area (Å²) in [5.74, 6) is 0. The lowest BCUT2D eigenvalue weighted by Gasteiger charge is -2.24. The van der Waals surface area contributed by atoms with Gasteiger partial charge in [0, 0.05) is 22.9 Å². The Morgan fingerprint density at radius 3 is 2.76 bits per heavy atom. The van der Waals surface area contributed by atoms with Crippen molar-refractivity contribution >= 4 is 11.3 Å². The van der Waals surface area contributed by atoms with Crippen LogP contribution in [0.15, 0.2) is 35.7 Å². The van der Waals surface area contributed by atoms with Gasteiger partial charge in [0.15, 0.2) is 0 Å². The monoisotopic (exact) mass is 245 g/mol. The SMILES string of the molecule is Cc1sccc1C1(O)CC(N)c2ccccc21. The summed E-state index contributed by atoms with van der Waals surface area (Å²) >= 11 is 1.66. The summed E-state index contributed by atoms with van der Waals surface area (Å²) in [7, 11) is 0. The normalized spacial score (nSPS) is 27.1. The number of hydrogen-bond donors (Lipinski definition) is 2. The van der Waals surface area contributed by atoms with Crippen LogP contribution in [-0.2, 0) is 5.60 Å². The van der Waals surface area contributed by atoms with E-state index in [0.29, 0.717) is 6.42 Å². The fourth-order valence-electron chi connectivity index (χ4n) is 2.80. The molecular weight excluding hydrogens is 230 g/mol. The fourth-order valence-corrected chi connectivity index (χ4v) is 3.58. The summed E-state index contributed by atoms with van der Waals surface area (Å²) in [6.45, 7) is 2.05. The molecule has 1 heterocycles. The van der Waals surface area contributed by atoms with Crippen LogP contribution in [0, 0.1) is 6.92 Å². The summed E-state index contributed by atoms with van der Waals surface area (Å²) in [6.07, 6.45) is 0.573. The molecule has 1 aliphatic rings. The molecule has 0 spiro atoms. The van der Waals surface area contributed by atoms with Gasteiger partial charge in [-0.25, -0.2) is 0 Å². The highest BCUT2D eigenvalue weighted by atomic mass is 32.1. The van der Waals surface area contributed by atoms with E-state index < -0.39 is 5.60 Å². The molecule has 17 heavy (non-hydrogen) atoms. The lowest BCUT2D eigenvalue weighted by molar-refractivity contribution is 0.0775. The molecule has 3 rings (SSSR count). The van der Waals surface area contributed by atoms with Gasteiger partial charge in [-0.1, -0.05) is 24.3 Å². The van der Waals surface area contributed by atoms with E-state index in [9.17, 15) is 5.11 Å². The molecule has 1 aliphatic carbocycles. The minimum atomic E-state index is -0.903. The van der Waals surface area contributed by atoms with Crippen molar-refractivity contribution < 1.29 is 5.11 Å². The van der Waals surface area contributed by atoms with Crippen LogP contribution in [0.4, 0.5) is 0 Å². The number of hydrogen-bond acceptors (Lipinski definition) is 3. The molecule has 2 aromatic rings. The van der Waals surface area contributed by atoms with E-state index in [2.05, 4.69) is 0 Å². The largest absolute Gasteiger partial charge is 0.380 e. The second-order valence-electron chi connectivity index (χ2n) is 4.65. The second-order valence-corrected chi connectivity index (χ2v) is 5.77. The lowest BCUT2D eigenvalue weighted by atomic mass is 9.88. The van der Waals surface area contributed by atoms with E-state index in [1.165, 1.54) is 0 Å². The highest BCUT2D eigenvalue weighted by molar-refractivity contribution is 7.10. The summed E-state index contributed by atoms with van der Waals surface area (Å²) in [4.78, 5) is 1.16. The van der Waals surface area contributed by atoms with E-state index in [1.54, 1.807) is 11.3 Å². The van der Waals surface area contributed by atoms with Crippen molar-refractivity contribution in [1.29, 1.82) is 0 Å². The molecule has 2 nitrogen and oxygen atoms in total. The Balaban J connectivity index is 2.21. The number of rotatable bonds is 1. The Kier molecular flexibility index (Phi) is 2.36. The quantitative estimate of drug-likeness (QED) is 0.811. The van der Waals surface area contributed by atoms with Crippen LogP contribution in [-0.4, -0.2) is 5.11 Å². The molecule has 3 heteroatoms. The van der Waals surface area contributed by atoms with Crippen molar-refractivity contribution in [2.45, 2.75) is 25.0 Å². The number of thiophene rings is 1. The molecule has 0 radical (unpaired) electrons. The second kappa shape index (κ2) is 3.67. The molecule has 88 valence electrons. The maximum atomic E-state index is 11.0. The maximum Gasteiger partial charge on any atom is 0.118 e. The van der Waals surface area contributed by atoms with Gasteiger partial charge < -0.3 is 10.8 Å². The molecule has 0 aliphatic heterocycles. The number of aryl methyl sites for hydroxylation is 1. The van der Waals surface area contributed by atoms with E-state index in [4.69, 9.17) is 5.73 Å². The highest BCUT2D eigenvalue weighted by Gasteiger charge is 2.43. The highest BCUT2D eigenvalue weighted by Crippen LogP contribution is 2.47. The molecule has 1 aromatic heterocycles. The third kappa shape index (κ3) is 1.47. The van der Waals surface area contributed by atoms with E-state index in [1.807, 2.05) is 42.6 Å². The molecular formula is C14H15NOS. The number of aliphatic hydroxyl groups is 1. The van der Waals surface area contributed by atoms with E-state index >= 15 is 0 Å². The number of nitrogens with two attached hydrogens (primary N) is 1. The first-order valence-electron chi connectivity index (χ1n) is 5.75. The molecule has 0 amide bonds. The summed E-state index contributed by atoms with van der Waals surface area (Å²) in [6, 6.07) is 9.87. The molecule has 3 N–H and O–H groups in total. The van der Waals surface area contributed by atoms with Gasteiger partial charge >= 0.3 is 0 Å². The number of benzene rings is 1. The van der Waals surface area contributed by atoms with Crippen LogP contribution in [0.5, 0.6) is 0 Å². The third-order valence-electron chi connectivity index (χ3n) is 3.63. The van der Waals surface area contributed by atoms with Crippen LogP contribution in [0.3, 0.4) is 0 Å². The van der Waals surface area contributed by atoms with Gasteiger partial charge in [-0.15, -0.1) is 11.3 Å². The number of fused-ring (bicyclic) bond motifs is 1. The van der Waals surface area contributed by atoms with E-state index in [-0.39, 0.29) is 6.04 Å². The van der Waals surface area contributed by atoms with Crippen molar-refractivity contribution in [3.05, 3.63) is 57.3 Å². The molecule has 2 unspecified atom stereocenters. The van der Waals surface area contributed by atoms with Gasteiger partial charge in [0.2, 0.25) is 0 Å². The van der Waals surface area contributed by atoms with Crippen molar-refractivity contribution in [2.24, 2.45) is 5.73 Å². The van der Waals surface area contributed by atoms with Crippen LogP contribution < -0.4 is 5.73 Å². The van der Waals surface area contributed by atoms with Crippen LogP contribution in [0.2, 0.25) is 0 Å². The Labute approximate surface area is 105 Å². The van der Waals surface area contributed by atoms with Gasteiger partial charge in [-0.05, 0) is 29.5 Å². The van der Waals surface area contributed by atoms with Crippen LogP contribution in [0.25, 0.3) is 0 Å². The predicted molar refractivity (Wildman–Crippen MR) is 70.0 cm³/mol. The standard InChI is InChI=1S/C14H15NOS/c1-9-11(6-7-17-9)14(16)8-13(15)10-4-2-3-5-12(10)14/h2-7,13,16H,8,15H2,1H3. The summed E-state index contributed by atoms with van der Waals surface area (Å²) < 4.78 is 0. The minimum Gasteiger partial charge on any atom is -0.380 e. The summed E-state index contributed by atoms with van der Waals surface area (Å²) in [5.41, 5.74) is 8.26. The predicted octanol–water partition coefficient (Wildman–Crippen LogP) is 2.70. The topological polar surface area (TPSA) is 46.2 Å². The van der Waals surface area contributed by atoms with Gasteiger partial charge in [-0.3, -0.25) is 0 Å². The van der Waals surface area contributed by atoms with Gasteiger partial charge in [-0.2, -0.15) is 0 Å². The molecule has 0 fully saturated rings. The lowest BCUT2D eigenvalue weighted by Crippen LogP contribution is -2.25. The third-order valence-corrected chi connectivity index (χ3v) is 4.47. The minimum absolute atomic E-state index is 0.0736. The van der Waals surface area contributed by atoms with Gasteiger partial charge in [0.05, 0.1) is 0 Å². The maximum absolute atomic E-state index is 11.0. The summed E-state index contributed by atoms with van der Waals surface area (Å²) in [5, 5.41) is 13.0. The zero-order valence-electron chi connectivity index (χ0n) is 9.68. The van der Waals surface area contributed by atoms with Crippen molar-refractivity contribution in [2.75, 3.05) is 0 Å². The molecule has 0 saturated heterocycles. The van der Waals surface area contributed by atoms with Crippen molar-refractivity contribution in [3.8, 4) is 0 Å². The zero-order chi connectivity index (χ0) is 12.0. The van der Waals surface area contributed by atoms with Crippen molar-refractivity contribution in [1.82, 2.24) is 0 Å². The zero-order valence-corrected chi connectivity index (χ0v) is 10.5. The van der Waals surface area contributed by atoms with Crippen molar-refractivity contribution in [3.63, 3.8) is 0 Å². The first-order valence-corrected chi connectivity index (χ1v) is 6.63. The Hall–Kier alpha value is -1.16. The Morgan fingerprint density at radius 2 is 2.06 bits per heavy atom. The molecule has 1 aromatic carbocycles. The van der Waals surface area contributed by atoms with Gasteiger partial charge in [0.1, 0.15) is 5.60 Å². The van der Waals surface area contributed by atoms with E-state index in [0.717, 1.165) is 21.6 Å². The van der Waals surface area contributed by atoms with Crippen LogP contribution in [0.1, 0.15) is 34.0 Å². The van der Waals surface area contributed by atoms with Gasteiger partial charge in [0.25, 0.3) is 0 Å². The van der Waals surface area contributed by atoms with Crippen LogP contribution >= 0.6 is 11.3 Å². The smallest absolute Gasteiger partial charge is 0.118 e. The average molecular weight is 245 g/mol. The molecule has 0 bridgehead atoms. The first kappa shape index (κ1) is 11.0. The Morgan fingerprint density at radius 1 is 1.29 bits per heavy atom. The Bertz CT molecular complexity index is 563. The molecule has 2 atom stereocenters. The first-order chi connectivity index (χ1) is 8.13.